The Bertz CT molecular complexity index is 789. The van der Waals surface area contributed by atoms with Gasteiger partial charge in [-0.05, 0) is 49.6 Å². The number of rotatable bonds is 7. The van der Waals surface area contributed by atoms with Gasteiger partial charge in [0.05, 0.1) is 24.8 Å². The average molecular weight is 367 g/mol. The van der Waals surface area contributed by atoms with E-state index in [1.807, 2.05) is 6.26 Å². The first-order valence-electron chi connectivity index (χ1n) is 7.36. The summed E-state index contributed by atoms with van der Waals surface area (Å²) in [6.45, 7) is 2.10. The molecule has 24 heavy (non-hydrogen) atoms. The van der Waals surface area contributed by atoms with Crippen LogP contribution >= 0.6 is 11.8 Å². The van der Waals surface area contributed by atoms with Crippen LogP contribution in [0.5, 0.6) is 11.5 Å². The minimum atomic E-state index is -3.65. The quantitative estimate of drug-likeness (QED) is 0.699. The molecule has 0 N–H and O–H groups in total. The molecular weight excluding hydrogens is 346 g/mol. The molecule has 0 unspecified atom stereocenters. The van der Waals surface area contributed by atoms with Crippen molar-refractivity contribution < 1.29 is 17.9 Å². The predicted octanol–water partition coefficient (Wildman–Crippen LogP) is 3.64. The number of methoxy groups -OCH3 is 2. The zero-order valence-corrected chi connectivity index (χ0v) is 15.8. The van der Waals surface area contributed by atoms with Crippen molar-refractivity contribution in [3.8, 4) is 11.5 Å². The van der Waals surface area contributed by atoms with Crippen LogP contribution in [0.25, 0.3) is 0 Å². The highest BCUT2D eigenvalue weighted by Crippen LogP contribution is 2.33. The van der Waals surface area contributed by atoms with Gasteiger partial charge in [0.25, 0.3) is 10.0 Å². The number of sulfonamides is 1. The standard InChI is InChI=1S/C17H21NO4S2/c1-5-18(13-6-11-16(21-2)17(12-13)22-3)24(19,20)15-9-7-14(23-4)8-10-15/h6-12H,5H2,1-4H3. The average Bonchev–Trinajstić information content (AvgIpc) is 2.62. The lowest BCUT2D eigenvalue weighted by atomic mass is 10.2. The van der Waals surface area contributed by atoms with Gasteiger partial charge in [-0.15, -0.1) is 11.8 Å². The molecular formula is C17H21NO4S2. The van der Waals surface area contributed by atoms with Crippen molar-refractivity contribution in [1.29, 1.82) is 0 Å². The lowest BCUT2D eigenvalue weighted by Crippen LogP contribution is -2.30. The number of hydrogen-bond donors (Lipinski definition) is 0. The number of hydrogen-bond acceptors (Lipinski definition) is 5. The van der Waals surface area contributed by atoms with Crippen molar-refractivity contribution in [2.45, 2.75) is 16.7 Å². The molecule has 0 bridgehead atoms. The van der Waals surface area contributed by atoms with Gasteiger partial charge in [0.2, 0.25) is 0 Å². The zero-order chi connectivity index (χ0) is 17.7. The third-order valence-electron chi connectivity index (χ3n) is 3.59. The van der Waals surface area contributed by atoms with Gasteiger partial charge in [-0.3, -0.25) is 4.31 Å². The molecule has 0 aliphatic rings. The maximum atomic E-state index is 13.0. The number of anilines is 1. The second kappa shape index (κ2) is 7.81. The summed E-state index contributed by atoms with van der Waals surface area (Å²) in [5, 5.41) is 0. The van der Waals surface area contributed by atoms with E-state index < -0.39 is 10.0 Å². The van der Waals surface area contributed by atoms with Gasteiger partial charge in [0.1, 0.15) is 0 Å². The third kappa shape index (κ3) is 3.62. The van der Waals surface area contributed by atoms with E-state index in [9.17, 15) is 8.42 Å². The third-order valence-corrected chi connectivity index (χ3v) is 6.25. The Morgan fingerprint density at radius 2 is 1.62 bits per heavy atom. The van der Waals surface area contributed by atoms with E-state index in [-0.39, 0.29) is 4.90 Å². The summed E-state index contributed by atoms with van der Waals surface area (Å²) in [6, 6.07) is 11.9. The Balaban J connectivity index is 2.45. The Hall–Kier alpha value is -1.86. The fourth-order valence-electron chi connectivity index (χ4n) is 2.35. The van der Waals surface area contributed by atoms with Crippen LogP contribution in [-0.2, 0) is 10.0 Å². The van der Waals surface area contributed by atoms with Crippen molar-refractivity contribution in [1.82, 2.24) is 0 Å². The van der Waals surface area contributed by atoms with Gasteiger partial charge in [-0.25, -0.2) is 8.42 Å². The minimum Gasteiger partial charge on any atom is -0.493 e. The maximum Gasteiger partial charge on any atom is 0.264 e. The number of benzene rings is 2. The van der Waals surface area contributed by atoms with E-state index in [4.69, 9.17) is 9.47 Å². The minimum absolute atomic E-state index is 0.261. The Morgan fingerprint density at radius 3 is 2.12 bits per heavy atom. The summed E-state index contributed by atoms with van der Waals surface area (Å²) in [7, 11) is -0.584. The SMILES string of the molecule is CCN(c1ccc(OC)c(OC)c1)S(=O)(=O)c1ccc(SC)cc1. The highest BCUT2D eigenvalue weighted by molar-refractivity contribution is 7.98. The molecule has 0 heterocycles. The lowest BCUT2D eigenvalue weighted by molar-refractivity contribution is 0.355. The van der Waals surface area contributed by atoms with Crippen molar-refractivity contribution in [2.24, 2.45) is 0 Å². The van der Waals surface area contributed by atoms with Gasteiger partial charge >= 0.3 is 0 Å². The molecule has 0 saturated heterocycles. The van der Waals surface area contributed by atoms with Crippen LogP contribution < -0.4 is 13.8 Å². The largest absolute Gasteiger partial charge is 0.493 e. The fourth-order valence-corrected chi connectivity index (χ4v) is 4.22. The van der Waals surface area contributed by atoms with Crippen molar-refractivity contribution >= 4 is 27.5 Å². The summed E-state index contributed by atoms with van der Waals surface area (Å²) >= 11 is 1.57. The molecule has 0 amide bonds. The Morgan fingerprint density at radius 1 is 1.00 bits per heavy atom. The van der Waals surface area contributed by atoms with Crippen molar-refractivity contribution in [2.75, 3.05) is 31.3 Å². The van der Waals surface area contributed by atoms with Crippen LogP contribution in [0.3, 0.4) is 0 Å². The maximum absolute atomic E-state index is 13.0. The van der Waals surface area contributed by atoms with Crippen LogP contribution in [0.4, 0.5) is 5.69 Å². The van der Waals surface area contributed by atoms with E-state index in [1.54, 1.807) is 68.3 Å². The van der Waals surface area contributed by atoms with Crippen molar-refractivity contribution in [3.63, 3.8) is 0 Å². The van der Waals surface area contributed by atoms with Crippen molar-refractivity contribution in [3.05, 3.63) is 42.5 Å². The Kier molecular flexibility index (Phi) is 6.01. The molecule has 0 aliphatic carbocycles. The molecule has 0 saturated carbocycles. The van der Waals surface area contributed by atoms with Crippen LogP contribution in [0, 0.1) is 0 Å². The topological polar surface area (TPSA) is 55.8 Å². The first-order valence-corrected chi connectivity index (χ1v) is 10.0. The second-order valence-corrected chi connectivity index (χ2v) is 7.63. The molecule has 0 atom stereocenters. The van der Waals surface area contributed by atoms with Gasteiger partial charge in [0.15, 0.2) is 11.5 Å². The molecule has 5 nitrogen and oxygen atoms in total. The molecule has 0 aromatic heterocycles. The van der Waals surface area contributed by atoms with Gasteiger partial charge < -0.3 is 9.47 Å². The van der Waals surface area contributed by atoms with Gasteiger partial charge in [0, 0.05) is 17.5 Å². The monoisotopic (exact) mass is 367 g/mol. The molecule has 2 aromatic carbocycles. The molecule has 0 radical (unpaired) electrons. The fraction of sp³-hybridized carbons (Fsp3) is 0.294. The summed E-state index contributed by atoms with van der Waals surface area (Å²) in [6.07, 6.45) is 1.95. The van der Waals surface area contributed by atoms with Crippen LogP contribution in [0.2, 0.25) is 0 Å². The molecule has 0 fully saturated rings. The second-order valence-electron chi connectivity index (χ2n) is 4.88. The summed E-state index contributed by atoms with van der Waals surface area (Å²) in [5.41, 5.74) is 0.532. The van der Waals surface area contributed by atoms with E-state index >= 15 is 0 Å². The van der Waals surface area contributed by atoms with Crippen LogP contribution in [-0.4, -0.2) is 35.4 Å². The summed E-state index contributed by atoms with van der Waals surface area (Å²) in [4.78, 5) is 1.28. The van der Waals surface area contributed by atoms with Crippen LogP contribution in [0.15, 0.2) is 52.3 Å². The van der Waals surface area contributed by atoms with Gasteiger partial charge in [-0.1, -0.05) is 0 Å². The summed E-state index contributed by atoms with van der Waals surface area (Å²) < 4.78 is 37.8. The molecule has 130 valence electrons. The van der Waals surface area contributed by atoms with E-state index in [2.05, 4.69) is 0 Å². The van der Waals surface area contributed by atoms with E-state index in [0.29, 0.717) is 23.7 Å². The zero-order valence-electron chi connectivity index (χ0n) is 14.1. The lowest BCUT2D eigenvalue weighted by Gasteiger charge is -2.24. The van der Waals surface area contributed by atoms with E-state index in [0.717, 1.165) is 4.90 Å². The molecule has 7 heteroatoms. The number of ether oxygens (including phenoxy) is 2. The van der Waals surface area contributed by atoms with Crippen LogP contribution in [0.1, 0.15) is 6.92 Å². The molecule has 0 spiro atoms. The van der Waals surface area contributed by atoms with E-state index in [1.165, 1.54) is 11.4 Å². The van der Waals surface area contributed by atoms with Gasteiger partial charge in [-0.2, -0.15) is 0 Å². The Labute approximate surface area is 147 Å². The summed E-state index contributed by atoms with van der Waals surface area (Å²) in [5.74, 6) is 1.04. The number of thioether (sulfide) groups is 1. The first-order chi connectivity index (χ1) is 11.5. The predicted molar refractivity (Wildman–Crippen MR) is 98.0 cm³/mol. The molecule has 0 aliphatic heterocycles. The number of nitrogens with zero attached hydrogens (tertiary/aromatic N) is 1. The highest BCUT2D eigenvalue weighted by Gasteiger charge is 2.24. The molecule has 2 rings (SSSR count). The molecule has 2 aromatic rings. The smallest absolute Gasteiger partial charge is 0.264 e. The highest BCUT2D eigenvalue weighted by atomic mass is 32.2. The first kappa shape index (κ1) is 18.5. The normalized spacial score (nSPS) is 11.2.